The fourth-order valence-corrected chi connectivity index (χ4v) is 2.42. The van der Waals surface area contributed by atoms with E-state index in [0.717, 1.165) is 17.7 Å². The summed E-state index contributed by atoms with van der Waals surface area (Å²) < 4.78 is 5.66. The first-order valence-electron chi connectivity index (χ1n) is 6.31. The molecule has 0 spiro atoms. The van der Waals surface area contributed by atoms with Crippen LogP contribution in [0.5, 0.6) is 5.75 Å². The molecule has 0 radical (unpaired) electrons. The van der Waals surface area contributed by atoms with E-state index in [0.29, 0.717) is 5.56 Å². The first-order chi connectivity index (χ1) is 9.54. The number of hydrogen-bond acceptors (Lipinski definition) is 2. The summed E-state index contributed by atoms with van der Waals surface area (Å²) >= 11 is 0. The molecule has 0 bridgehead atoms. The molecule has 2 rings (SSSR count). The topological polar surface area (TPSA) is 46.5 Å². The molecule has 4 heteroatoms. The van der Waals surface area contributed by atoms with Gasteiger partial charge in [0, 0.05) is 0 Å². The number of carboxylic acids is 1. The second-order valence-corrected chi connectivity index (χ2v) is 6.53. The van der Waals surface area contributed by atoms with Gasteiger partial charge in [0.25, 0.3) is 0 Å². The molecule has 1 N–H and O–H groups in total. The van der Waals surface area contributed by atoms with Crippen LogP contribution in [0.2, 0.25) is 0 Å². The van der Waals surface area contributed by atoms with E-state index in [1.165, 1.54) is 5.56 Å². The monoisotopic (exact) mass is 288 g/mol. The molecule has 0 amide bonds. The van der Waals surface area contributed by atoms with Crippen LogP contribution in [0.3, 0.4) is 0 Å². The van der Waals surface area contributed by atoms with Gasteiger partial charge in [0.05, 0.1) is 13.7 Å². The van der Waals surface area contributed by atoms with Crippen molar-refractivity contribution in [2.45, 2.75) is 6.42 Å². The zero-order chi connectivity index (χ0) is 14.5. The fourth-order valence-electron chi connectivity index (χ4n) is 1.88. The predicted octanol–water partition coefficient (Wildman–Crippen LogP) is 4.01. The average molecular weight is 288 g/mol. The van der Waals surface area contributed by atoms with Crippen LogP contribution in [-0.4, -0.2) is 24.4 Å². The standard InChI is InChI=1S/C16H17O3P/c1-20(2)19-15-9-5-13(6-10-15)11-12-3-7-14(8-4-12)16(17)18/h3-10H,11H2,1-2H3,(H,17,18). The van der Waals surface area contributed by atoms with Gasteiger partial charge in [-0.05, 0) is 55.1 Å². The summed E-state index contributed by atoms with van der Waals surface area (Å²) in [6.07, 6.45) is 0.785. The Labute approximate surface area is 120 Å². The van der Waals surface area contributed by atoms with E-state index in [1.54, 1.807) is 12.1 Å². The number of benzene rings is 2. The summed E-state index contributed by atoms with van der Waals surface area (Å²) in [6.45, 7) is 4.13. The highest BCUT2D eigenvalue weighted by Gasteiger charge is 2.03. The summed E-state index contributed by atoms with van der Waals surface area (Å²) in [6, 6.07) is 15.0. The highest BCUT2D eigenvalue weighted by molar-refractivity contribution is 7.51. The molecule has 3 nitrogen and oxygen atoms in total. The second-order valence-electron chi connectivity index (χ2n) is 4.73. The van der Waals surface area contributed by atoms with Crippen molar-refractivity contribution in [1.82, 2.24) is 0 Å². The Morgan fingerprint density at radius 2 is 1.50 bits per heavy atom. The minimum absolute atomic E-state index is 0.316. The molecular formula is C16H17O3P. The molecule has 0 aliphatic carbocycles. The largest absolute Gasteiger partial charge is 0.478 e. The van der Waals surface area contributed by atoms with Gasteiger partial charge >= 0.3 is 5.97 Å². The molecular weight excluding hydrogens is 271 g/mol. The van der Waals surface area contributed by atoms with Gasteiger partial charge < -0.3 is 9.63 Å². The van der Waals surface area contributed by atoms with Crippen molar-refractivity contribution in [1.29, 1.82) is 0 Å². The Morgan fingerprint density at radius 1 is 1.00 bits per heavy atom. The Hall–Kier alpha value is -1.86. The van der Waals surface area contributed by atoms with E-state index in [4.69, 9.17) is 9.63 Å². The lowest BCUT2D eigenvalue weighted by molar-refractivity contribution is 0.0697. The van der Waals surface area contributed by atoms with E-state index >= 15 is 0 Å². The maximum Gasteiger partial charge on any atom is 0.335 e. The SMILES string of the molecule is CP(C)Oc1ccc(Cc2ccc(C(=O)O)cc2)cc1. The highest BCUT2D eigenvalue weighted by Crippen LogP contribution is 2.29. The lowest BCUT2D eigenvalue weighted by atomic mass is 10.0. The van der Waals surface area contributed by atoms with Crippen LogP contribution in [-0.2, 0) is 6.42 Å². The molecule has 0 aromatic heterocycles. The quantitative estimate of drug-likeness (QED) is 0.845. The Morgan fingerprint density at radius 3 is 1.95 bits per heavy atom. The third-order valence-corrected chi connectivity index (χ3v) is 3.40. The van der Waals surface area contributed by atoms with E-state index in [-0.39, 0.29) is 0 Å². The first-order valence-corrected chi connectivity index (χ1v) is 8.46. The van der Waals surface area contributed by atoms with Gasteiger partial charge in [-0.2, -0.15) is 0 Å². The normalized spacial score (nSPS) is 10.6. The van der Waals surface area contributed by atoms with Crippen LogP contribution in [0.1, 0.15) is 21.5 Å². The summed E-state index contributed by atoms with van der Waals surface area (Å²) in [4.78, 5) is 10.8. The van der Waals surface area contributed by atoms with Gasteiger partial charge in [-0.15, -0.1) is 0 Å². The Balaban J connectivity index is 2.04. The van der Waals surface area contributed by atoms with Crippen LogP contribution in [0.4, 0.5) is 0 Å². The Bertz CT molecular complexity index is 574. The number of carbonyl (C=O) groups is 1. The first kappa shape index (κ1) is 14.5. The smallest absolute Gasteiger partial charge is 0.335 e. The van der Waals surface area contributed by atoms with Crippen molar-refractivity contribution >= 4 is 14.1 Å². The molecule has 20 heavy (non-hydrogen) atoms. The van der Waals surface area contributed by atoms with Crippen molar-refractivity contribution in [2.24, 2.45) is 0 Å². The van der Waals surface area contributed by atoms with Gasteiger partial charge in [0.2, 0.25) is 0 Å². The van der Waals surface area contributed by atoms with Gasteiger partial charge in [-0.1, -0.05) is 24.3 Å². The second kappa shape index (κ2) is 6.53. The van der Waals surface area contributed by atoms with Crippen LogP contribution >= 0.6 is 8.15 Å². The van der Waals surface area contributed by atoms with Crippen molar-refractivity contribution in [3.8, 4) is 5.75 Å². The summed E-state index contributed by atoms with van der Waals surface area (Å²) in [7, 11) is -0.400. The molecule has 2 aromatic carbocycles. The fraction of sp³-hybridized carbons (Fsp3) is 0.188. The molecule has 0 aliphatic rings. The van der Waals surface area contributed by atoms with E-state index in [1.807, 2.05) is 36.4 Å². The molecule has 0 saturated heterocycles. The third-order valence-electron chi connectivity index (χ3n) is 2.82. The molecule has 0 aliphatic heterocycles. The number of hydrogen-bond donors (Lipinski definition) is 1. The number of carboxylic acid groups (broad SMARTS) is 1. The summed E-state index contributed by atoms with van der Waals surface area (Å²) in [5.41, 5.74) is 2.59. The molecule has 0 heterocycles. The molecule has 0 saturated carbocycles. The minimum Gasteiger partial charge on any atom is -0.478 e. The molecule has 2 aromatic rings. The zero-order valence-electron chi connectivity index (χ0n) is 11.5. The van der Waals surface area contributed by atoms with Crippen molar-refractivity contribution in [3.05, 3.63) is 65.2 Å². The lowest BCUT2D eigenvalue weighted by Gasteiger charge is -2.09. The Kier molecular flexibility index (Phi) is 4.75. The van der Waals surface area contributed by atoms with Gasteiger partial charge in [0.15, 0.2) is 0 Å². The number of aromatic carboxylic acids is 1. The van der Waals surface area contributed by atoms with E-state index in [9.17, 15) is 4.79 Å². The van der Waals surface area contributed by atoms with Crippen LogP contribution < -0.4 is 4.52 Å². The molecule has 0 unspecified atom stereocenters. The van der Waals surface area contributed by atoms with Gasteiger partial charge in [-0.3, -0.25) is 0 Å². The van der Waals surface area contributed by atoms with Gasteiger partial charge in [0.1, 0.15) is 5.75 Å². The summed E-state index contributed by atoms with van der Waals surface area (Å²) in [5.74, 6) is -0.000215. The van der Waals surface area contributed by atoms with Crippen LogP contribution in [0.15, 0.2) is 48.5 Å². The highest BCUT2D eigenvalue weighted by atomic mass is 31.1. The minimum atomic E-state index is -0.895. The molecule has 0 fully saturated rings. The van der Waals surface area contributed by atoms with Crippen molar-refractivity contribution < 1.29 is 14.4 Å². The third kappa shape index (κ3) is 4.07. The number of rotatable bonds is 5. The van der Waals surface area contributed by atoms with E-state index < -0.39 is 14.1 Å². The van der Waals surface area contributed by atoms with Crippen LogP contribution in [0, 0.1) is 0 Å². The average Bonchev–Trinajstić information content (AvgIpc) is 2.41. The molecule has 104 valence electrons. The van der Waals surface area contributed by atoms with Crippen LogP contribution in [0.25, 0.3) is 0 Å². The predicted molar refractivity (Wildman–Crippen MR) is 82.0 cm³/mol. The molecule has 0 atom stereocenters. The lowest BCUT2D eigenvalue weighted by Crippen LogP contribution is -1.96. The van der Waals surface area contributed by atoms with Gasteiger partial charge in [-0.25, -0.2) is 4.79 Å². The van der Waals surface area contributed by atoms with E-state index in [2.05, 4.69) is 13.3 Å². The maximum atomic E-state index is 10.8. The zero-order valence-corrected chi connectivity index (χ0v) is 12.4. The summed E-state index contributed by atoms with van der Waals surface area (Å²) in [5, 5.41) is 8.86. The maximum absolute atomic E-state index is 10.8. The van der Waals surface area contributed by atoms with Crippen molar-refractivity contribution in [3.63, 3.8) is 0 Å². The van der Waals surface area contributed by atoms with Crippen molar-refractivity contribution in [2.75, 3.05) is 13.3 Å².